The van der Waals surface area contributed by atoms with Gasteiger partial charge in [0.05, 0.1) is 12.2 Å². The molecule has 2 heterocycles. The highest BCUT2D eigenvalue weighted by atomic mass is 16.5. The van der Waals surface area contributed by atoms with E-state index in [1.54, 1.807) is 0 Å². The summed E-state index contributed by atoms with van der Waals surface area (Å²) >= 11 is 0. The van der Waals surface area contributed by atoms with Gasteiger partial charge in [0.2, 0.25) is 0 Å². The Balaban J connectivity index is 1.26. The van der Waals surface area contributed by atoms with E-state index in [2.05, 4.69) is 33.0 Å². The molecule has 3 heteroatoms. The molecule has 4 aliphatic carbocycles. The smallest absolute Gasteiger partial charge is 0.122 e. The van der Waals surface area contributed by atoms with E-state index in [9.17, 15) is 5.11 Å². The van der Waals surface area contributed by atoms with Crippen LogP contribution in [0.2, 0.25) is 0 Å². The first-order valence-electron chi connectivity index (χ1n) is 13.4. The summed E-state index contributed by atoms with van der Waals surface area (Å²) in [6.45, 7) is 11.3. The lowest BCUT2D eigenvalue weighted by atomic mass is 9.44. The van der Waals surface area contributed by atoms with Crippen molar-refractivity contribution >= 4 is 0 Å². The van der Waals surface area contributed by atoms with Crippen LogP contribution in [0, 0.1) is 52.3 Å². The Labute approximate surface area is 184 Å². The Kier molecular flexibility index (Phi) is 4.58. The minimum atomic E-state index is -0.0320. The first-order valence-corrected chi connectivity index (χ1v) is 13.4. The molecule has 4 saturated carbocycles. The van der Waals surface area contributed by atoms with Gasteiger partial charge in [0, 0.05) is 12.5 Å². The molecule has 5 unspecified atom stereocenters. The minimum Gasteiger partial charge on any atom is -0.393 e. The second-order valence-electron chi connectivity index (χ2n) is 13.3. The number of ether oxygens (including phenoxy) is 1. The van der Waals surface area contributed by atoms with E-state index in [0.717, 1.165) is 54.9 Å². The summed E-state index contributed by atoms with van der Waals surface area (Å²) < 4.78 is 7.01. The number of nitrogens with one attached hydrogen (secondary N) is 1. The van der Waals surface area contributed by atoms with Crippen LogP contribution in [0.4, 0.5) is 0 Å². The van der Waals surface area contributed by atoms with Crippen molar-refractivity contribution < 1.29 is 9.84 Å². The molecule has 3 nitrogen and oxygen atoms in total. The molecule has 2 saturated heterocycles. The summed E-state index contributed by atoms with van der Waals surface area (Å²) in [6.07, 6.45) is 13.2. The van der Waals surface area contributed by atoms with Gasteiger partial charge in [-0.25, -0.2) is 0 Å². The molecule has 0 aromatic rings. The van der Waals surface area contributed by atoms with Gasteiger partial charge in [-0.2, -0.15) is 0 Å². The van der Waals surface area contributed by atoms with E-state index in [1.807, 2.05) is 0 Å². The van der Waals surface area contributed by atoms with E-state index in [1.165, 1.54) is 51.4 Å². The molecule has 12 atom stereocenters. The molecule has 6 aliphatic rings. The van der Waals surface area contributed by atoms with Gasteiger partial charge in [0.15, 0.2) is 0 Å². The first kappa shape index (κ1) is 20.5. The second kappa shape index (κ2) is 6.70. The van der Waals surface area contributed by atoms with Crippen molar-refractivity contribution in [3.63, 3.8) is 0 Å². The number of aliphatic hydroxyl groups is 1. The van der Waals surface area contributed by atoms with Gasteiger partial charge in [0.1, 0.15) is 5.72 Å². The fraction of sp³-hybridized carbons (Fsp3) is 1.00. The van der Waals surface area contributed by atoms with Gasteiger partial charge in [-0.15, -0.1) is 0 Å². The summed E-state index contributed by atoms with van der Waals surface area (Å²) in [7, 11) is 0. The van der Waals surface area contributed by atoms with Crippen LogP contribution in [-0.2, 0) is 4.74 Å². The minimum absolute atomic E-state index is 0.0319. The van der Waals surface area contributed by atoms with Crippen molar-refractivity contribution in [1.82, 2.24) is 5.32 Å². The van der Waals surface area contributed by atoms with Gasteiger partial charge in [-0.05, 0) is 111 Å². The lowest BCUT2D eigenvalue weighted by molar-refractivity contribution is -0.140. The van der Waals surface area contributed by atoms with Crippen LogP contribution in [0.5, 0.6) is 0 Å². The van der Waals surface area contributed by atoms with E-state index >= 15 is 0 Å². The average molecular weight is 416 g/mol. The summed E-state index contributed by atoms with van der Waals surface area (Å²) in [5, 5.41) is 14.2. The molecule has 30 heavy (non-hydrogen) atoms. The maximum atomic E-state index is 10.3. The Bertz CT molecular complexity index is 686. The Morgan fingerprint density at radius 3 is 2.43 bits per heavy atom. The molecule has 2 N–H and O–H groups in total. The third-order valence-electron chi connectivity index (χ3n) is 12.1. The average Bonchev–Trinajstić information content (AvgIpc) is 3.16. The predicted octanol–water partition coefficient (Wildman–Crippen LogP) is 5.37. The zero-order chi connectivity index (χ0) is 20.9. The lowest BCUT2D eigenvalue weighted by Crippen LogP contribution is -2.57. The highest BCUT2D eigenvalue weighted by Gasteiger charge is 2.68. The Hall–Kier alpha value is -0.120. The predicted molar refractivity (Wildman–Crippen MR) is 120 cm³/mol. The SMILES string of the molecule is C[C@@H]1CC[C@@]2(NC1)OC1C[C@H]3C4CCC5C[C@@H](O)CC[C@]5(C)C4CC[C@]3(C)C1[C@@H]2C. The Morgan fingerprint density at radius 2 is 1.67 bits per heavy atom. The summed E-state index contributed by atoms with van der Waals surface area (Å²) in [4.78, 5) is 0. The van der Waals surface area contributed by atoms with E-state index in [-0.39, 0.29) is 11.8 Å². The molecule has 6 rings (SSSR count). The van der Waals surface area contributed by atoms with Crippen molar-refractivity contribution in [2.24, 2.45) is 52.3 Å². The zero-order valence-corrected chi connectivity index (χ0v) is 19.8. The molecule has 170 valence electrons. The standard InChI is InChI=1S/C27H45NO2/c1-16-7-12-27(28-15-16)17(2)24-23(30-27)14-22-20-6-5-18-13-19(29)8-10-25(18,3)21(20)9-11-26(22,24)4/h16-24,28-29H,5-15H2,1-4H3/t16-,17+,18?,19+,20?,21?,22+,23?,24?,25+,26+,27-/m1/s1. The molecule has 0 amide bonds. The maximum Gasteiger partial charge on any atom is 0.122 e. The number of fused-ring (bicyclic) bond motifs is 7. The van der Waals surface area contributed by atoms with Crippen LogP contribution >= 0.6 is 0 Å². The lowest BCUT2D eigenvalue weighted by Gasteiger charge is -2.61. The normalized spacial score (nSPS) is 62.5. The maximum absolute atomic E-state index is 10.3. The van der Waals surface area contributed by atoms with Gasteiger partial charge < -0.3 is 9.84 Å². The largest absolute Gasteiger partial charge is 0.393 e. The van der Waals surface area contributed by atoms with Crippen molar-refractivity contribution in [3.05, 3.63) is 0 Å². The monoisotopic (exact) mass is 415 g/mol. The third kappa shape index (κ3) is 2.61. The quantitative estimate of drug-likeness (QED) is 0.559. The van der Waals surface area contributed by atoms with Crippen molar-refractivity contribution in [2.45, 2.75) is 110 Å². The summed E-state index contributed by atoms with van der Waals surface area (Å²) in [6, 6.07) is 0. The highest BCUT2D eigenvalue weighted by Crippen LogP contribution is 2.71. The molecule has 0 bridgehead atoms. The molecule has 1 spiro atoms. The number of hydrogen-bond acceptors (Lipinski definition) is 3. The number of rotatable bonds is 0. The molecule has 6 fully saturated rings. The van der Waals surface area contributed by atoms with Gasteiger partial charge >= 0.3 is 0 Å². The van der Waals surface area contributed by atoms with Crippen LogP contribution in [0.1, 0.15) is 91.9 Å². The first-order chi connectivity index (χ1) is 14.3. The number of aliphatic hydroxyl groups excluding tert-OH is 1. The number of piperidine rings is 1. The zero-order valence-electron chi connectivity index (χ0n) is 19.8. The van der Waals surface area contributed by atoms with Gasteiger partial charge in [0.25, 0.3) is 0 Å². The van der Waals surface area contributed by atoms with Gasteiger partial charge in [-0.1, -0.05) is 27.7 Å². The molecule has 0 aromatic heterocycles. The fourth-order valence-electron chi connectivity index (χ4n) is 10.4. The molecule has 0 radical (unpaired) electrons. The molecular formula is C27H45NO2. The fourth-order valence-corrected chi connectivity index (χ4v) is 10.4. The van der Waals surface area contributed by atoms with Crippen LogP contribution in [0.15, 0.2) is 0 Å². The van der Waals surface area contributed by atoms with E-state index < -0.39 is 0 Å². The van der Waals surface area contributed by atoms with Crippen LogP contribution < -0.4 is 5.32 Å². The van der Waals surface area contributed by atoms with Crippen molar-refractivity contribution in [1.29, 1.82) is 0 Å². The molecule has 0 aromatic carbocycles. The topological polar surface area (TPSA) is 41.5 Å². The van der Waals surface area contributed by atoms with Gasteiger partial charge in [-0.3, -0.25) is 5.32 Å². The second-order valence-corrected chi connectivity index (χ2v) is 13.3. The third-order valence-corrected chi connectivity index (χ3v) is 12.1. The molecular weight excluding hydrogens is 370 g/mol. The Morgan fingerprint density at radius 1 is 0.867 bits per heavy atom. The number of hydrogen-bond donors (Lipinski definition) is 2. The highest BCUT2D eigenvalue weighted by molar-refractivity contribution is 5.16. The van der Waals surface area contributed by atoms with E-state index in [0.29, 0.717) is 22.9 Å². The van der Waals surface area contributed by atoms with Crippen LogP contribution in [0.3, 0.4) is 0 Å². The summed E-state index contributed by atoms with van der Waals surface area (Å²) in [5.41, 5.74) is 0.919. The molecule has 2 aliphatic heterocycles. The van der Waals surface area contributed by atoms with Crippen molar-refractivity contribution in [2.75, 3.05) is 6.54 Å². The van der Waals surface area contributed by atoms with Crippen molar-refractivity contribution in [3.8, 4) is 0 Å². The van der Waals surface area contributed by atoms with E-state index in [4.69, 9.17) is 4.74 Å². The van der Waals surface area contributed by atoms with Crippen LogP contribution in [0.25, 0.3) is 0 Å². The summed E-state index contributed by atoms with van der Waals surface area (Å²) in [5.74, 6) is 5.57. The van der Waals surface area contributed by atoms with Crippen LogP contribution in [-0.4, -0.2) is 29.6 Å².